The largest absolute Gasteiger partial charge is 0.463 e. The first-order chi connectivity index (χ1) is 10.6. The molecule has 112 valence electrons. The van der Waals surface area contributed by atoms with Crippen molar-refractivity contribution in [1.82, 2.24) is 5.01 Å². The van der Waals surface area contributed by atoms with E-state index in [2.05, 4.69) is 5.10 Å². The molecule has 0 bridgehead atoms. The van der Waals surface area contributed by atoms with Gasteiger partial charge in [-0.3, -0.25) is 9.59 Å². The lowest BCUT2D eigenvalue weighted by Crippen LogP contribution is -2.52. The zero-order valence-electron chi connectivity index (χ0n) is 11.5. The molecule has 2 amide bonds. The summed E-state index contributed by atoms with van der Waals surface area (Å²) in [5, 5.41) is 5.64. The van der Waals surface area contributed by atoms with E-state index in [1.54, 1.807) is 36.4 Å². The molecular weight excluding hydrogens is 306 g/mol. The summed E-state index contributed by atoms with van der Waals surface area (Å²) in [6.07, 6.45) is 2.91. The van der Waals surface area contributed by atoms with E-state index in [9.17, 15) is 9.59 Å². The number of piperazine rings is 1. The van der Waals surface area contributed by atoms with Crippen LogP contribution < -0.4 is 4.90 Å². The lowest BCUT2D eigenvalue weighted by molar-refractivity contribution is -0.138. The molecule has 1 aromatic heterocycles. The number of nitrogens with zero attached hydrogens (tertiary/aromatic N) is 3. The molecule has 0 unspecified atom stereocenters. The summed E-state index contributed by atoms with van der Waals surface area (Å²) in [7, 11) is 0. The third-order valence-corrected chi connectivity index (χ3v) is 3.39. The number of hydrogen-bond donors (Lipinski definition) is 0. The number of hydrazone groups is 1. The van der Waals surface area contributed by atoms with E-state index >= 15 is 0 Å². The smallest absolute Gasteiger partial charge is 0.263 e. The van der Waals surface area contributed by atoms with Crippen LogP contribution in [0.2, 0.25) is 5.02 Å². The van der Waals surface area contributed by atoms with E-state index in [1.807, 2.05) is 0 Å². The van der Waals surface area contributed by atoms with Crippen molar-refractivity contribution in [1.29, 1.82) is 0 Å². The molecule has 2 aromatic rings. The number of amides is 2. The topological polar surface area (TPSA) is 66.1 Å². The van der Waals surface area contributed by atoms with Crippen LogP contribution in [0, 0.1) is 0 Å². The summed E-state index contributed by atoms with van der Waals surface area (Å²) < 4.78 is 5.09. The Morgan fingerprint density at radius 1 is 1.14 bits per heavy atom. The second kappa shape index (κ2) is 6.03. The molecule has 22 heavy (non-hydrogen) atoms. The van der Waals surface area contributed by atoms with Crippen LogP contribution >= 0.6 is 11.6 Å². The fourth-order valence-corrected chi connectivity index (χ4v) is 2.27. The predicted molar refractivity (Wildman–Crippen MR) is 81.8 cm³/mol. The Kier molecular flexibility index (Phi) is 3.93. The highest BCUT2D eigenvalue weighted by molar-refractivity contribution is 6.31. The van der Waals surface area contributed by atoms with E-state index in [0.29, 0.717) is 16.5 Å². The van der Waals surface area contributed by atoms with Crippen LogP contribution in [0.15, 0.2) is 52.2 Å². The highest BCUT2D eigenvalue weighted by atomic mass is 35.5. The first-order valence-electron chi connectivity index (χ1n) is 6.57. The van der Waals surface area contributed by atoms with Crippen molar-refractivity contribution in [3.63, 3.8) is 0 Å². The van der Waals surface area contributed by atoms with E-state index in [0.717, 1.165) is 5.01 Å². The Bertz CT molecular complexity index is 727. The Labute approximate surface area is 131 Å². The maximum atomic E-state index is 12.2. The molecule has 0 radical (unpaired) electrons. The highest BCUT2D eigenvalue weighted by Gasteiger charge is 2.30. The van der Waals surface area contributed by atoms with Crippen LogP contribution in [-0.4, -0.2) is 36.1 Å². The fraction of sp³-hybridized carbons (Fsp3) is 0.133. The number of furan rings is 1. The molecular formula is C15H12ClN3O3. The number of rotatable bonds is 3. The van der Waals surface area contributed by atoms with Gasteiger partial charge in [-0.15, -0.1) is 0 Å². The molecule has 0 N–H and O–H groups in total. The SMILES string of the molecule is O=C1CN(c2cccc(Cl)c2)C(=O)CN1/N=C/c1ccco1. The van der Waals surface area contributed by atoms with Gasteiger partial charge in [-0.2, -0.15) is 5.10 Å². The quantitative estimate of drug-likeness (QED) is 0.815. The third-order valence-electron chi connectivity index (χ3n) is 3.15. The van der Waals surface area contributed by atoms with Gasteiger partial charge in [0.15, 0.2) is 0 Å². The molecule has 0 atom stereocenters. The number of hydrogen-bond acceptors (Lipinski definition) is 4. The van der Waals surface area contributed by atoms with Crippen LogP contribution in [0.25, 0.3) is 0 Å². The fourth-order valence-electron chi connectivity index (χ4n) is 2.08. The molecule has 1 fully saturated rings. The van der Waals surface area contributed by atoms with Crippen molar-refractivity contribution < 1.29 is 14.0 Å². The van der Waals surface area contributed by atoms with Crippen molar-refractivity contribution in [2.45, 2.75) is 0 Å². The second-order valence-corrected chi connectivity index (χ2v) is 5.11. The van der Waals surface area contributed by atoms with Gasteiger partial charge in [-0.1, -0.05) is 17.7 Å². The Balaban J connectivity index is 1.74. The zero-order valence-corrected chi connectivity index (χ0v) is 12.2. The van der Waals surface area contributed by atoms with E-state index < -0.39 is 0 Å². The number of carbonyl (C=O) groups excluding carboxylic acids is 2. The standard InChI is InChI=1S/C15H12ClN3O3/c16-11-3-1-4-12(7-11)18-9-15(21)19(10-14(18)20)17-8-13-5-2-6-22-13/h1-8H,9-10H2/b17-8+. The number of benzene rings is 1. The first-order valence-corrected chi connectivity index (χ1v) is 6.95. The van der Waals surface area contributed by atoms with Crippen LogP contribution in [0.3, 0.4) is 0 Å². The van der Waals surface area contributed by atoms with Gasteiger partial charge in [-0.25, -0.2) is 5.01 Å². The van der Waals surface area contributed by atoms with Crippen molar-refractivity contribution in [2.75, 3.05) is 18.0 Å². The van der Waals surface area contributed by atoms with Crippen LogP contribution in [-0.2, 0) is 9.59 Å². The average molecular weight is 318 g/mol. The van der Waals surface area contributed by atoms with Gasteiger partial charge in [0.25, 0.3) is 5.91 Å². The molecule has 6 nitrogen and oxygen atoms in total. The van der Waals surface area contributed by atoms with Gasteiger partial charge in [0, 0.05) is 10.7 Å². The normalized spacial score (nSPS) is 15.9. The van der Waals surface area contributed by atoms with E-state index in [-0.39, 0.29) is 24.9 Å². The maximum absolute atomic E-state index is 12.2. The number of halogens is 1. The van der Waals surface area contributed by atoms with Crippen molar-refractivity contribution >= 4 is 35.3 Å². The zero-order chi connectivity index (χ0) is 15.5. The summed E-state index contributed by atoms with van der Waals surface area (Å²) in [5.41, 5.74) is 0.598. The summed E-state index contributed by atoms with van der Waals surface area (Å²) in [4.78, 5) is 25.7. The maximum Gasteiger partial charge on any atom is 0.263 e. The van der Waals surface area contributed by atoms with Crippen molar-refractivity contribution in [3.8, 4) is 0 Å². The molecule has 2 heterocycles. The highest BCUT2D eigenvalue weighted by Crippen LogP contribution is 2.21. The van der Waals surface area contributed by atoms with E-state index in [4.69, 9.17) is 16.0 Å². The number of carbonyl (C=O) groups is 2. The van der Waals surface area contributed by atoms with Crippen LogP contribution in [0.1, 0.15) is 5.76 Å². The summed E-state index contributed by atoms with van der Waals surface area (Å²) in [6.45, 7) is -0.197. The monoisotopic (exact) mass is 317 g/mol. The minimum atomic E-state index is -0.276. The Hall–Kier alpha value is -2.60. The lowest BCUT2D eigenvalue weighted by atomic mass is 10.2. The minimum Gasteiger partial charge on any atom is -0.463 e. The Morgan fingerprint density at radius 3 is 2.73 bits per heavy atom. The second-order valence-electron chi connectivity index (χ2n) is 4.67. The summed E-state index contributed by atoms with van der Waals surface area (Å²) >= 11 is 5.92. The lowest BCUT2D eigenvalue weighted by Gasteiger charge is -2.31. The van der Waals surface area contributed by atoms with Gasteiger partial charge >= 0.3 is 0 Å². The molecule has 0 aliphatic carbocycles. The molecule has 1 aliphatic heterocycles. The van der Waals surface area contributed by atoms with Gasteiger partial charge in [0.05, 0.1) is 12.5 Å². The molecule has 1 aliphatic rings. The summed E-state index contributed by atoms with van der Waals surface area (Å²) in [5.74, 6) is 0.0124. The van der Waals surface area contributed by atoms with Gasteiger partial charge in [0.2, 0.25) is 5.91 Å². The molecule has 1 saturated heterocycles. The van der Waals surface area contributed by atoms with E-state index in [1.165, 1.54) is 17.4 Å². The minimum absolute atomic E-state index is 0.0747. The average Bonchev–Trinajstić information content (AvgIpc) is 3.01. The Morgan fingerprint density at radius 2 is 2.00 bits per heavy atom. The number of anilines is 1. The molecule has 3 rings (SSSR count). The molecule has 7 heteroatoms. The summed E-state index contributed by atoms with van der Waals surface area (Å²) in [6, 6.07) is 10.2. The van der Waals surface area contributed by atoms with Crippen LogP contribution in [0.4, 0.5) is 5.69 Å². The molecule has 1 aromatic carbocycles. The van der Waals surface area contributed by atoms with Gasteiger partial charge in [-0.05, 0) is 30.3 Å². The third kappa shape index (κ3) is 3.01. The van der Waals surface area contributed by atoms with Crippen molar-refractivity contribution in [2.24, 2.45) is 5.10 Å². The van der Waals surface area contributed by atoms with Crippen LogP contribution in [0.5, 0.6) is 0 Å². The first kappa shape index (κ1) is 14.3. The molecule has 0 saturated carbocycles. The predicted octanol–water partition coefficient (Wildman–Crippen LogP) is 2.14. The molecule has 0 spiro atoms. The van der Waals surface area contributed by atoms with Gasteiger partial charge in [0.1, 0.15) is 18.8 Å². The van der Waals surface area contributed by atoms with Crippen molar-refractivity contribution in [3.05, 3.63) is 53.4 Å². The van der Waals surface area contributed by atoms with Gasteiger partial charge < -0.3 is 9.32 Å².